The Morgan fingerprint density at radius 3 is 2.47 bits per heavy atom. The van der Waals surface area contributed by atoms with E-state index in [1.54, 1.807) is 12.1 Å². The van der Waals surface area contributed by atoms with E-state index in [2.05, 4.69) is 13.8 Å². The summed E-state index contributed by atoms with van der Waals surface area (Å²) in [7, 11) is 1.53. The van der Waals surface area contributed by atoms with Crippen molar-refractivity contribution in [2.45, 2.75) is 38.6 Å². The van der Waals surface area contributed by atoms with Crippen LogP contribution < -0.4 is 10.5 Å². The zero-order chi connectivity index (χ0) is 12.7. The van der Waals surface area contributed by atoms with Crippen LogP contribution >= 0.6 is 0 Å². The van der Waals surface area contributed by atoms with Crippen LogP contribution in [0.4, 0.5) is 4.39 Å². The molecule has 1 aliphatic carbocycles. The molecule has 1 aromatic carbocycles. The molecule has 1 fully saturated rings. The van der Waals surface area contributed by atoms with Gasteiger partial charge in [-0.25, -0.2) is 4.39 Å². The maximum atomic E-state index is 14.1. The number of benzene rings is 1. The lowest BCUT2D eigenvalue weighted by atomic mass is 9.71. The first-order valence-corrected chi connectivity index (χ1v) is 6.04. The van der Waals surface area contributed by atoms with Crippen LogP contribution in [0.15, 0.2) is 18.2 Å². The number of ether oxygens (including phenoxy) is 1. The first kappa shape index (κ1) is 12.4. The number of halogens is 1. The SMILES string of the molecule is COc1ccc(C2(N)CCCC2(C)C)c(F)c1. The van der Waals surface area contributed by atoms with Crippen molar-refractivity contribution in [3.63, 3.8) is 0 Å². The summed E-state index contributed by atoms with van der Waals surface area (Å²) in [6, 6.07) is 4.96. The van der Waals surface area contributed by atoms with Crippen molar-refractivity contribution in [1.82, 2.24) is 0 Å². The Kier molecular flexibility index (Phi) is 2.90. The minimum atomic E-state index is -0.566. The Bertz CT molecular complexity index is 430. The molecule has 0 bridgehead atoms. The fourth-order valence-electron chi connectivity index (χ4n) is 2.85. The van der Waals surface area contributed by atoms with Gasteiger partial charge in [-0.05, 0) is 24.3 Å². The van der Waals surface area contributed by atoms with Gasteiger partial charge in [0.15, 0.2) is 0 Å². The van der Waals surface area contributed by atoms with Crippen molar-refractivity contribution in [3.05, 3.63) is 29.6 Å². The maximum Gasteiger partial charge on any atom is 0.131 e. The highest BCUT2D eigenvalue weighted by molar-refractivity contribution is 5.35. The standard InChI is InChI=1S/C14H20FNO/c1-13(2)7-4-8-14(13,16)11-6-5-10(17-3)9-12(11)15/h5-6,9H,4,7-8,16H2,1-3H3. The highest BCUT2D eigenvalue weighted by atomic mass is 19.1. The summed E-state index contributed by atoms with van der Waals surface area (Å²) in [6.07, 6.45) is 2.92. The molecular formula is C14H20FNO. The molecule has 0 aliphatic heterocycles. The van der Waals surface area contributed by atoms with E-state index in [1.807, 2.05) is 0 Å². The molecule has 0 saturated heterocycles. The fourth-order valence-corrected chi connectivity index (χ4v) is 2.85. The van der Waals surface area contributed by atoms with Crippen molar-refractivity contribution < 1.29 is 9.13 Å². The van der Waals surface area contributed by atoms with Crippen molar-refractivity contribution in [2.24, 2.45) is 11.1 Å². The van der Waals surface area contributed by atoms with Gasteiger partial charge in [0.2, 0.25) is 0 Å². The monoisotopic (exact) mass is 237 g/mol. The molecule has 1 unspecified atom stereocenters. The van der Waals surface area contributed by atoms with Crippen molar-refractivity contribution in [2.75, 3.05) is 7.11 Å². The largest absolute Gasteiger partial charge is 0.497 e. The van der Waals surface area contributed by atoms with Crippen LogP contribution in [0.5, 0.6) is 5.75 Å². The quantitative estimate of drug-likeness (QED) is 0.857. The van der Waals surface area contributed by atoms with E-state index in [4.69, 9.17) is 10.5 Å². The highest BCUT2D eigenvalue weighted by Crippen LogP contribution is 2.51. The van der Waals surface area contributed by atoms with Gasteiger partial charge in [0.25, 0.3) is 0 Å². The average molecular weight is 237 g/mol. The molecule has 0 spiro atoms. The second-order valence-corrected chi connectivity index (χ2v) is 5.55. The molecular weight excluding hydrogens is 217 g/mol. The normalized spacial score (nSPS) is 27.1. The van der Waals surface area contributed by atoms with E-state index in [0.717, 1.165) is 19.3 Å². The van der Waals surface area contributed by atoms with Gasteiger partial charge in [-0.1, -0.05) is 26.3 Å². The van der Waals surface area contributed by atoms with Gasteiger partial charge in [0, 0.05) is 17.2 Å². The van der Waals surface area contributed by atoms with E-state index in [0.29, 0.717) is 11.3 Å². The Morgan fingerprint density at radius 1 is 1.29 bits per heavy atom. The lowest BCUT2D eigenvalue weighted by Crippen LogP contribution is -2.46. The Hall–Kier alpha value is -1.09. The Labute approximate surface area is 102 Å². The van der Waals surface area contributed by atoms with E-state index in [-0.39, 0.29) is 11.2 Å². The van der Waals surface area contributed by atoms with Gasteiger partial charge in [0.1, 0.15) is 11.6 Å². The summed E-state index contributed by atoms with van der Waals surface area (Å²) in [5.41, 5.74) is 6.45. The summed E-state index contributed by atoms with van der Waals surface area (Å²) in [5.74, 6) is 0.271. The van der Waals surface area contributed by atoms with Gasteiger partial charge in [-0.15, -0.1) is 0 Å². The number of hydrogen-bond donors (Lipinski definition) is 1. The van der Waals surface area contributed by atoms with Crippen molar-refractivity contribution in [1.29, 1.82) is 0 Å². The summed E-state index contributed by atoms with van der Waals surface area (Å²) in [5, 5.41) is 0. The molecule has 1 aromatic rings. The van der Waals surface area contributed by atoms with E-state index in [1.165, 1.54) is 13.2 Å². The third kappa shape index (κ3) is 1.82. The molecule has 1 saturated carbocycles. The molecule has 17 heavy (non-hydrogen) atoms. The zero-order valence-electron chi connectivity index (χ0n) is 10.7. The van der Waals surface area contributed by atoms with Gasteiger partial charge >= 0.3 is 0 Å². The van der Waals surface area contributed by atoms with Crippen molar-refractivity contribution in [3.8, 4) is 5.75 Å². The van der Waals surface area contributed by atoms with Gasteiger partial charge in [0.05, 0.1) is 7.11 Å². The van der Waals surface area contributed by atoms with Gasteiger partial charge in [-0.3, -0.25) is 0 Å². The molecule has 94 valence electrons. The first-order valence-electron chi connectivity index (χ1n) is 6.04. The lowest BCUT2D eigenvalue weighted by molar-refractivity contribution is 0.204. The number of hydrogen-bond acceptors (Lipinski definition) is 2. The molecule has 1 atom stereocenters. The highest BCUT2D eigenvalue weighted by Gasteiger charge is 2.48. The summed E-state index contributed by atoms with van der Waals surface area (Å²) in [6.45, 7) is 4.23. The number of rotatable bonds is 2. The molecule has 2 rings (SSSR count). The fraction of sp³-hybridized carbons (Fsp3) is 0.571. The second kappa shape index (κ2) is 3.98. The minimum absolute atomic E-state index is 0.0670. The van der Waals surface area contributed by atoms with Crippen molar-refractivity contribution >= 4 is 0 Å². The minimum Gasteiger partial charge on any atom is -0.497 e. The topological polar surface area (TPSA) is 35.2 Å². The van der Waals surface area contributed by atoms with Crippen LogP contribution in [0.1, 0.15) is 38.7 Å². The molecule has 1 aliphatic rings. The summed E-state index contributed by atoms with van der Waals surface area (Å²) in [4.78, 5) is 0. The first-order chi connectivity index (χ1) is 7.90. The predicted molar refractivity (Wildman–Crippen MR) is 66.4 cm³/mol. The molecule has 2 nitrogen and oxygen atoms in total. The van der Waals surface area contributed by atoms with Crippen LogP contribution in [-0.2, 0) is 5.54 Å². The predicted octanol–water partition coefficient (Wildman–Crippen LogP) is 3.20. The number of methoxy groups -OCH3 is 1. The second-order valence-electron chi connectivity index (χ2n) is 5.55. The lowest BCUT2D eigenvalue weighted by Gasteiger charge is -2.39. The Balaban J connectivity index is 2.47. The summed E-state index contributed by atoms with van der Waals surface area (Å²) >= 11 is 0. The van der Waals surface area contributed by atoms with E-state index < -0.39 is 5.54 Å². The van der Waals surface area contributed by atoms with E-state index in [9.17, 15) is 4.39 Å². The number of nitrogens with two attached hydrogens (primary N) is 1. The maximum absolute atomic E-state index is 14.1. The van der Waals surface area contributed by atoms with Crippen LogP contribution in [0.2, 0.25) is 0 Å². The third-order valence-electron chi connectivity index (χ3n) is 4.24. The van der Waals surface area contributed by atoms with Crippen LogP contribution in [0.3, 0.4) is 0 Å². The van der Waals surface area contributed by atoms with Crippen LogP contribution in [0, 0.1) is 11.2 Å². The molecule has 0 aromatic heterocycles. The van der Waals surface area contributed by atoms with Crippen LogP contribution in [0.25, 0.3) is 0 Å². The Morgan fingerprint density at radius 2 is 2.00 bits per heavy atom. The molecule has 3 heteroatoms. The molecule has 0 radical (unpaired) electrons. The molecule has 0 heterocycles. The molecule has 0 amide bonds. The smallest absolute Gasteiger partial charge is 0.131 e. The molecule has 2 N–H and O–H groups in total. The van der Waals surface area contributed by atoms with Crippen LogP contribution in [-0.4, -0.2) is 7.11 Å². The summed E-state index contributed by atoms with van der Waals surface area (Å²) < 4.78 is 19.1. The van der Waals surface area contributed by atoms with Gasteiger partial charge < -0.3 is 10.5 Å². The average Bonchev–Trinajstić information content (AvgIpc) is 2.54. The van der Waals surface area contributed by atoms with E-state index >= 15 is 0 Å². The zero-order valence-corrected chi connectivity index (χ0v) is 10.7. The van der Waals surface area contributed by atoms with Gasteiger partial charge in [-0.2, -0.15) is 0 Å². The third-order valence-corrected chi connectivity index (χ3v) is 4.24.